The maximum atomic E-state index is 12.6. The number of amides is 1. The fourth-order valence-corrected chi connectivity index (χ4v) is 2.72. The van der Waals surface area contributed by atoms with Crippen LogP contribution < -0.4 is 5.32 Å². The first-order valence-corrected chi connectivity index (χ1v) is 7.18. The van der Waals surface area contributed by atoms with E-state index in [9.17, 15) is 9.59 Å². The van der Waals surface area contributed by atoms with E-state index in [1.165, 1.54) is 12.7 Å². The number of carbonyl (C=O) groups excluding carboxylic acids is 2. The van der Waals surface area contributed by atoms with Crippen molar-refractivity contribution in [3.05, 3.63) is 35.4 Å². The van der Waals surface area contributed by atoms with Crippen LogP contribution in [0.5, 0.6) is 0 Å². The average molecular weight is 290 g/mol. The van der Waals surface area contributed by atoms with Gasteiger partial charge in [-0.3, -0.25) is 9.59 Å². The van der Waals surface area contributed by atoms with Gasteiger partial charge in [-0.15, -0.1) is 0 Å². The molecule has 21 heavy (non-hydrogen) atoms. The Hall–Kier alpha value is -1.88. The second-order valence-corrected chi connectivity index (χ2v) is 5.48. The number of nitrogens with zero attached hydrogens (tertiary/aromatic N) is 1. The van der Waals surface area contributed by atoms with Crippen LogP contribution in [-0.2, 0) is 20.7 Å². The molecule has 2 rings (SSSR count). The maximum absolute atomic E-state index is 12.6. The van der Waals surface area contributed by atoms with Crippen molar-refractivity contribution >= 4 is 11.9 Å². The van der Waals surface area contributed by atoms with Crippen LogP contribution in [0.25, 0.3) is 0 Å². The lowest BCUT2D eigenvalue weighted by Gasteiger charge is -2.30. The average Bonchev–Trinajstić information content (AvgIpc) is 2.52. The van der Waals surface area contributed by atoms with Gasteiger partial charge in [0, 0.05) is 20.1 Å². The summed E-state index contributed by atoms with van der Waals surface area (Å²) in [6, 6.07) is 7.66. The zero-order valence-corrected chi connectivity index (χ0v) is 12.8. The Morgan fingerprint density at radius 1 is 1.43 bits per heavy atom. The number of ether oxygens (including phenoxy) is 1. The van der Waals surface area contributed by atoms with E-state index in [4.69, 9.17) is 4.74 Å². The summed E-state index contributed by atoms with van der Waals surface area (Å²) < 4.78 is 4.70. The molecule has 0 saturated carbocycles. The number of fused-ring (bicyclic) bond motifs is 1. The third-order valence-corrected chi connectivity index (χ3v) is 3.88. The van der Waals surface area contributed by atoms with E-state index in [1.54, 1.807) is 18.9 Å². The standard InChI is InChI=1S/C16H22N2O3/c1-11(16(20)21-3)10-18(2)15(19)14-13-7-5-4-6-12(13)8-9-17-14/h4-7,11,14,17H,8-10H2,1-3H3. The van der Waals surface area contributed by atoms with Crippen LogP contribution in [0.2, 0.25) is 0 Å². The first kappa shape index (κ1) is 15.5. The fourth-order valence-electron chi connectivity index (χ4n) is 2.72. The number of hydrogen-bond acceptors (Lipinski definition) is 4. The Kier molecular flexibility index (Phi) is 4.96. The summed E-state index contributed by atoms with van der Waals surface area (Å²) in [5, 5.41) is 3.27. The molecule has 5 heteroatoms. The molecular formula is C16H22N2O3. The number of nitrogens with one attached hydrogen (secondary N) is 1. The monoisotopic (exact) mass is 290 g/mol. The summed E-state index contributed by atoms with van der Waals surface area (Å²) >= 11 is 0. The van der Waals surface area contributed by atoms with E-state index in [0.29, 0.717) is 6.54 Å². The minimum Gasteiger partial charge on any atom is -0.469 e. The van der Waals surface area contributed by atoms with Gasteiger partial charge in [-0.05, 0) is 17.5 Å². The minimum absolute atomic E-state index is 0.0158. The van der Waals surface area contributed by atoms with Gasteiger partial charge in [0.1, 0.15) is 6.04 Å². The van der Waals surface area contributed by atoms with Crippen molar-refractivity contribution in [2.75, 3.05) is 27.2 Å². The topological polar surface area (TPSA) is 58.6 Å². The number of benzene rings is 1. The van der Waals surface area contributed by atoms with Crippen LogP contribution in [0.15, 0.2) is 24.3 Å². The molecule has 2 atom stereocenters. The van der Waals surface area contributed by atoms with Gasteiger partial charge < -0.3 is 15.0 Å². The van der Waals surface area contributed by atoms with Gasteiger partial charge in [-0.2, -0.15) is 0 Å². The first-order valence-electron chi connectivity index (χ1n) is 7.18. The SMILES string of the molecule is COC(=O)C(C)CN(C)C(=O)C1NCCc2ccccc21. The summed E-state index contributed by atoms with van der Waals surface area (Å²) in [4.78, 5) is 25.7. The van der Waals surface area contributed by atoms with Gasteiger partial charge >= 0.3 is 5.97 Å². The number of likely N-dealkylation sites (N-methyl/N-ethyl adjacent to an activating group) is 1. The Balaban J connectivity index is 2.08. The molecule has 5 nitrogen and oxygen atoms in total. The lowest BCUT2D eigenvalue weighted by atomic mass is 9.93. The van der Waals surface area contributed by atoms with Crippen molar-refractivity contribution in [2.24, 2.45) is 5.92 Å². The van der Waals surface area contributed by atoms with E-state index in [2.05, 4.69) is 11.4 Å². The number of carbonyl (C=O) groups is 2. The summed E-state index contributed by atoms with van der Waals surface area (Å²) in [6.45, 7) is 2.90. The van der Waals surface area contributed by atoms with E-state index >= 15 is 0 Å². The molecule has 0 bridgehead atoms. The molecule has 0 radical (unpaired) electrons. The Morgan fingerprint density at radius 2 is 2.14 bits per heavy atom. The molecule has 1 aliphatic rings. The van der Waals surface area contributed by atoms with Crippen LogP contribution >= 0.6 is 0 Å². The Morgan fingerprint density at radius 3 is 2.86 bits per heavy atom. The van der Waals surface area contributed by atoms with Crippen molar-refractivity contribution in [1.82, 2.24) is 10.2 Å². The van der Waals surface area contributed by atoms with Gasteiger partial charge in [-0.1, -0.05) is 31.2 Å². The lowest BCUT2D eigenvalue weighted by molar-refractivity contribution is -0.146. The van der Waals surface area contributed by atoms with Crippen molar-refractivity contribution in [1.29, 1.82) is 0 Å². The fraction of sp³-hybridized carbons (Fsp3) is 0.500. The lowest BCUT2D eigenvalue weighted by Crippen LogP contribution is -2.44. The van der Waals surface area contributed by atoms with E-state index < -0.39 is 0 Å². The van der Waals surface area contributed by atoms with Crippen molar-refractivity contribution in [3.8, 4) is 0 Å². The minimum atomic E-state index is -0.331. The summed E-state index contributed by atoms with van der Waals surface area (Å²) in [5.74, 6) is -0.646. The van der Waals surface area contributed by atoms with E-state index in [1.807, 2.05) is 18.2 Å². The molecule has 114 valence electrons. The van der Waals surface area contributed by atoms with Gasteiger partial charge in [-0.25, -0.2) is 0 Å². The molecule has 0 aromatic heterocycles. The molecule has 2 unspecified atom stereocenters. The number of hydrogen-bond donors (Lipinski definition) is 1. The number of esters is 1. The van der Waals surface area contributed by atoms with Crippen LogP contribution in [0, 0.1) is 5.92 Å². The van der Waals surface area contributed by atoms with E-state index in [-0.39, 0.29) is 23.8 Å². The molecule has 0 spiro atoms. The van der Waals surface area contributed by atoms with Gasteiger partial charge in [0.05, 0.1) is 13.0 Å². The van der Waals surface area contributed by atoms with Crippen LogP contribution in [0.1, 0.15) is 24.1 Å². The summed E-state index contributed by atoms with van der Waals surface area (Å²) in [6.07, 6.45) is 0.933. The Labute approximate surface area is 125 Å². The van der Waals surface area contributed by atoms with Crippen molar-refractivity contribution in [3.63, 3.8) is 0 Å². The molecule has 1 aromatic carbocycles. The normalized spacial score (nSPS) is 18.5. The van der Waals surface area contributed by atoms with Crippen LogP contribution in [-0.4, -0.2) is 44.0 Å². The third kappa shape index (κ3) is 3.42. The van der Waals surface area contributed by atoms with Crippen molar-refractivity contribution in [2.45, 2.75) is 19.4 Å². The second kappa shape index (κ2) is 6.72. The zero-order chi connectivity index (χ0) is 15.4. The first-order chi connectivity index (χ1) is 10.0. The number of rotatable bonds is 4. The smallest absolute Gasteiger partial charge is 0.310 e. The summed E-state index contributed by atoms with van der Waals surface area (Å²) in [7, 11) is 3.08. The van der Waals surface area contributed by atoms with E-state index in [0.717, 1.165) is 18.5 Å². The predicted octanol–water partition coefficient (Wildman–Crippen LogP) is 1.14. The molecule has 1 aliphatic heterocycles. The van der Waals surface area contributed by atoms with Gasteiger partial charge in [0.2, 0.25) is 5.91 Å². The maximum Gasteiger partial charge on any atom is 0.310 e. The molecule has 0 fully saturated rings. The molecule has 1 aromatic rings. The Bertz CT molecular complexity index is 530. The quantitative estimate of drug-likeness (QED) is 0.845. The highest BCUT2D eigenvalue weighted by Crippen LogP contribution is 2.24. The second-order valence-electron chi connectivity index (χ2n) is 5.48. The largest absolute Gasteiger partial charge is 0.469 e. The third-order valence-electron chi connectivity index (χ3n) is 3.88. The van der Waals surface area contributed by atoms with Crippen molar-refractivity contribution < 1.29 is 14.3 Å². The molecule has 0 aliphatic carbocycles. The molecule has 1 heterocycles. The number of methoxy groups -OCH3 is 1. The van der Waals surface area contributed by atoms with Gasteiger partial charge in [0.15, 0.2) is 0 Å². The predicted molar refractivity (Wildman–Crippen MR) is 79.7 cm³/mol. The highest BCUT2D eigenvalue weighted by atomic mass is 16.5. The molecule has 0 saturated heterocycles. The van der Waals surface area contributed by atoms with Crippen LogP contribution in [0.4, 0.5) is 0 Å². The van der Waals surface area contributed by atoms with Crippen LogP contribution in [0.3, 0.4) is 0 Å². The summed E-state index contributed by atoms with van der Waals surface area (Å²) in [5.41, 5.74) is 2.25. The highest BCUT2D eigenvalue weighted by molar-refractivity contribution is 5.84. The van der Waals surface area contributed by atoms with Gasteiger partial charge in [0.25, 0.3) is 0 Å². The zero-order valence-electron chi connectivity index (χ0n) is 12.8. The molecule has 1 N–H and O–H groups in total. The highest BCUT2D eigenvalue weighted by Gasteiger charge is 2.29. The molecular weight excluding hydrogens is 268 g/mol. The molecule has 1 amide bonds.